The lowest BCUT2D eigenvalue weighted by Crippen LogP contribution is -2.33. The first-order valence-electron chi connectivity index (χ1n) is 5.29. The highest BCUT2D eigenvalue weighted by molar-refractivity contribution is 5.87. The molecule has 17 heavy (non-hydrogen) atoms. The number of rotatable bonds is 6. The van der Waals surface area contributed by atoms with Gasteiger partial charge in [0.25, 0.3) is 0 Å². The summed E-state index contributed by atoms with van der Waals surface area (Å²) in [7, 11) is 0. The van der Waals surface area contributed by atoms with E-state index in [0.29, 0.717) is 18.8 Å². The van der Waals surface area contributed by atoms with Crippen molar-refractivity contribution >= 4 is 11.9 Å². The summed E-state index contributed by atoms with van der Waals surface area (Å²) in [6.07, 6.45) is 1.30. The maximum atomic E-state index is 11.1. The fraction of sp³-hybridized carbons (Fsp3) is 0.364. The van der Waals surface area contributed by atoms with Crippen molar-refractivity contribution < 1.29 is 14.7 Å². The van der Waals surface area contributed by atoms with Gasteiger partial charge in [-0.3, -0.25) is 9.78 Å². The molecule has 0 aromatic carbocycles. The minimum Gasteiger partial charge on any atom is -0.478 e. The number of carbonyl (C=O) groups is 2. The van der Waals surface area contributed by atoms with Crippen LogP contribution in [0, 0.1) is 0 Å². The molecule has 0 unspecified atom stereocenters. The standard InChI is InChI=1S/C11H15N3O3/c1-2-13-10(15)7-12-6-9-4-3-8(5-14-9)11(16)17/h3-5,12H,2,6-7H2,1H3,(H,13,15)(H,16,17). The maximum absolute atomic E-state index is 11.1. The number of hydrogen-bond donors (Lipinski definition) is 3. The van der Waals surface area contributed by atoms with Gasteiger partial charge in [0.05, 0.1) is 17.8 Å². The van der Waals surface area contributed by atoms with Crippen molar-refractivity contribution in [2.75, 3.05) is 13.1 Å². The highest BCUT2D eigenvalue weighted by Gasteiger charge is 2.03. The van der Waals surface area contributed by atoms with Crippen molar-refractivity contribution in [1.29, 1.82) is 0 Å². The van der Waals surface area contributed by atoms with Crippen LogP contribution < -0.4 is 10.6 Å². The van der Waals surface area contributed by atoms with Crippen LogP contribution in [0.2, 0.25) is 0 Å². The molecule has 1 amide bonds. The van der Waals surface area contributed by atoms with E-state index in [1.807, 2.05) is 6.92 Å². The zero-order valence-electron chi connectivity index (χ0n) is 9.56. The first-order chi connectivity index (χ1) is 8.13. The average molecular weight is 237 g/mol. The number of nitrogens with one attached hydrogen (secondary N) is 2. The zero-order valence-corrected chi connectivity index (χ0v) is 9.56. The van der Waals surface area contributed by atoms with Crippen molar-refractivity contribution in [1.82, 2.24) is 15.6 Å². The van der Waals surface area contributed by atoms with E-state index >= 15 is 0 Å². The second kappa shape index (κ2) is 6.59. The summed E-state index contributed by atoms with van der Waals surface area (Å²) in [4.78, 5) is 25.7. The summed E-state index contributed by atoms with van der Waals surface area (Å²) in [5, 5.41) is 14.2. The third kappa shape index (κ3) is 4.60. The second-order valence-corrected chi connectivity index (χ2v) is 3.40. The molecule has 0 atom stereocenters. The zero-order chi connectivity index (χ0) is 12.7. The van der Waals surface area contributed by atoms with E-state index in [1.165, 1.54) is 12.3 Å². The van der Waals surface area contributed by atoms with Crippen LogP contribution in [-0.4, -0.2) is 35.1 Å². The van der Waals surface area contributed by atoms with Gasteiger partial charge in [0, 0.05) is 19.3 Å². The minimum atomic E-state index is -1.00. The van der Waals surface area contributed by atoms with Gasteiger partial charge in [-0.15, -0.1) is 0 Å². The van der Waals surface area contributed by atoms with Gasteiger partial charge in [0.1, 0.15) is 0 Å². The highest BCUT2D eigenvalue weighted by Crippen LogP contribution is 1.99. The Kier molecular flexibility index (Phi) is 5.09. The van der Waals surface area contributed by atoms with Crippen molar-refractivity contribution in [3.8, 4) is 0 Å². The molecule has 0 aliphatic carbocycles. The Hall–Kier alpha value is -1.95. The molecule has 6 heteroatoms. The van der Waals surface area contributed by atoms with Crippen molar-refractivity contribution in [2.24, 2.45) is 0 Å². The van der Waals surface area contributed by atoms with Gasteiger partial charge in [-0.1, -0.05) is 0 Å². The van der Waals surface area contributed by atoms with Crippen LogP contribution in [0.3, 0.4) is 0 Å². The summed E-state index contributed by atoms with van der Waals surface area (Å²) in [6, 6.07) is 3.10. The van der Waals surface area contributed by atoms with Crippen molar-refractivity contribution in [3.63, 3.8) is 0 Å². The van der Waals surface area contributed by atoms with Gasteiger partial charge < -0.3 is 15.7 Å². The molecular weight excluding hydrogens is 222 g/mol. The molecule has 0 radical (unpaired) electrons. The Balaban J connectivity index is 2.37. The Labute approximate surface area is 99.1 Å². The van der Waals surface area contributed by atoms with E-state index < -0.39 is 5.97 Å². The largest absolute Gasteiger partial charge is 0.478 e. The van der Waals surface area contributed by atoms with E-state index in [4.69, 9.17) is 5.11 Å². The third-order valence-electron chi connectivity index (χ3n) is 2.04. The summed E-state index contributed by atoms with van der Waals surface area (Å²) in [5.41, 5.74) is 0.844. The normalized spacial score (nSPS) is 9.94. The van der Waals surface area contributed by atoms with Crippen molar-refractivity contribution in [2.45, 2.75) is 13.5 Å². The number of carboxylic acid groups (broad SMARTS) is 1. The molecule has 92 valence electrons. The van der Waals surface area contributed by atoms with Gasteiger partial charge in [-0.2, -0.15) is 0 Å². The molecule has 6 nitrogen and oxygen atoms in total. The van der Waals surface area contributed by atoms with E-state index in [1.54, 1.807) is 6.07 Å². The van der Waals surface area contributed by atoms with E-state index in [2.05, 4.69) is 15.6 Å². The summed E-state index contributed by atoms with van der Waals surface area (Å²) in [6.45, 7) is 3.10. The number of likely N-dealkylation sites (N-methyl/N-ethyl adjacent to an activating group) is 1. The first kappa shape index (κ1) is 13.1. The van der Waals surface area contributed by atoms with Crippen LogP contribution in [0.5, 0.6) is 0 Å². The van der Waals surface area contributed by atoms with Crippen LogP contribution in [0.1, 0.15) is 23.0 Å². The Morgan fingerprint density at radius 2 is 2.18 bits per heavy atom. The van der Waals surface area contributed by atoms with Gasteiger partial charge in [0.2, 0.25) is 5.91 Å². The van der Waals surface area contributed by atoms with E-state index in [-0.39, 0.29) is 18.0 Å². The second-order valence-electron chi connectivity index (χ2n) is 3.40. The summed E-state index contributed by atoms with van der Waals surface area (Å²) in [5.74, 6) is -1.08. The lowest BCUT2D eigenvalue weighted by atomic mass is 10.2. The lowest BCUT2D eigenvalue weighted by molar-refractivity contribution is -0.120. The van der Waals surface area contributed by atoms with Gasteiger partial charge in [0.15, 0.2) is 0 Å². The molecule has 0 aliphatic rings. The molecular formula is C11H15N3O3. The Morgan fingerprint density at radius 1 is 1.41 bits per heavy atom. The van der Waals surface area contributed by atoms with Crippen LogP contribution in [-0.2, 0) is 11.3 Å². The molecule has 0 bridgehead atoms. The number of aromatic carboxylic acids is 1. The average Bonchev–Trinajstić information content (AvgIpc) is 2.30. The predicted molar refractivity (Wildman–Crippen MR) is 61.6 cm³/mol. The number of pyridine rings is 1. The predicted octanol–water partition coefficient (Wildman–Crippen LogP) is 0.00550. The molecule has 0 spiro atoms. The molecule has 0 saturated carbocycles. The van der Waals surface area contributed by atoms with Gasteiger partial charge in [-0.05, 0) is 19.1 Å². The third-order valence-corrected chi connectivity index (χ3v) is 2.04. The van der Waals surface area contributed by atoms with Gasteiger partial charge >= 0.3 is 5.97 Å². The quantitative estimate of drug-likeness (QED) is 0.648. The smallest absolute Gasteiger partial charge is 0.337 e. The van der Waals surface area contributed by atoms with E-state index in [0.717, 1.165) is 0 Å². The number of amides is 1. The molecule has 0 aliphatic heterocycles. The Bertz CT molecular complexity index is 389. The first-order valence-corrected chi connectivity index (χ1v) is 5.29. The number of nitrogens with zero attached hydrogens (tertiary/aromatic N) is 1. The van der Waals surface area contributed by atoms with E-state index in [9.17, 15) is 9.59 Å². The topological polar surface area (TPSA) is 91.3 Å². The summed E-state index contributed by atoms with van der Waals surface area (Å²) < 4.78 is 0. The number of carbonyl (C=O) groups excluding carboxylic acids is 1. The van der Waals surface area contributed by atoms with Crippen LogP contribution >= 0.6 is 0 Å². The molecule has 1 aromatic rings. The maximum Gasteiger partial charge on any atom is 0.337 e. The monoisotopic (exact) mass is 237 g/mol. The van der Waals surface area contributed by atoms with Crippen LogP contribution in [0.15, 0.2) is 18.3 Å². The molecule has 1 aromatic heterocycles. The Morgan fingerprint density at radius 3 is 2.71 bits per heavy atom. The molecule has 3 N–H and O–H groups in total. The lowest BCUT2D eigenvalue weighted by Gasteiger charge is -2.04. The van der Waals surface area contributed by atoms with Crippen molar-refractivity contribution in [3.05, 3.63) is 29.6 Å². The summed E-state index contributed by atoms with van der Waals surface area (Å²) >= 11 is 0. The van der Waals surface area contributed by atoms with Crippen LogP contribution in [0.25, 0.3) is 0 Å². The SMILES string of the molecule is CCNC(=O)CNCc1ccc(C(=O)O)cn1. The molecule has 0 saturated heterocycles. The van der Waals surface area contributed by atoms with Crippen LogP contribution in [0.4, 0.5) is 0 Å². The minimum absolute atomic E-state index is 0.0744. The fourth-order valence-electron chi connectivity index (χ4n) is 1.22. The number of hydrogen-bond acceptors (Lipinski definition) is 4. The molecule has 1 rings (SSSR count). The molecule has 1 heterocycles. The highest BCUT2D eigenvalue weighted by atomic mass is 16.4. The number of carboxylic acids is 1. The number of aromatic nitrogens is 1. The fourth-order valence-corrected chi connectivity index (χ4v) is 1.22. The molecule has 0 fully saturated rings. The van der Waals surface area contributed by atoms with Gasteiger partial charge in [-0.25, -0.2) is 4.79 Å².